The number of rotatable bonds is 2. The molecule has 0 aromatic heterocycles. The largest absolute Gasteiger partial charge is 0.379 e. The normalized spacial score (nSPS) is 35.2. The molecule has 2 unspecified atom stereocenters. The van der Waals surface area contributed by atoms with Gasteiger partial charge in [0.25, 0.3) is 0 Å². The Bertz CT molecular complexity index is 289. The van der Waals surface area contributed by atoms with Crippen LogP contribution in [0.25, 0.3) is 0 Å². The van der Waals surface area contributed by atoms with E-state index in [9.17, 15) is 4.79 Å². The molecule has 2 saturated heterocycles. The second kappa shape index (κ2) is 4.92. The summed E-state index contributed by atoms with van der Waals surface area (Å²) in [5, 5.41) is 0. The van der Waals surface area contributed by atoms with E-state index in [2.05, 4.69) is 18.7 Å². The minimum absolute atomic E-state index is 0.0672. The van der Waals surface area contributed by atoms with Gasteiger partial charge in [-0.25, -0.2) is 0 Å². The first-order valence-electron chi connectivity index (χ1n) is 6.47. The zero-order valence-electron chi connectivity index (χ0n) is 10.8. The Morgan fingerprint density at radius 2 is 2.29 bits per heavy atom. The number of piperazine rings is 1. The van der Waals surface area contributed by atoms with E-state index in [4.69, 9.17) is 10.5 Å². The zero-order valence-corrected chi connectivity index (χ0v) is 10.8. The Hall–Kier alpha value is -0.650. The molecule has 1 amide bonds. The van der Waals surface area contributed by atoms with Gasteiger partial charge in [-0.2, -0.15) is 0 Å². The van der Waals surface area contributed by atoms with Crippen LogP contribution in [0.3, 0.4) is 0 Å². The van der Waals surface area contributed by atoms with E-state index in [0.29, 0.717) is 25.7 Å². The maximum Gasteiger partial charge on any atom is 0.245 e. The summed E-state index contributed by atoms with van der Waals surface area (Å²) in [6.07, 6.45) is 0.647. The van der Waals surface area contributed by atoms with Crippen molar-refractivity contribution in [1.82, 2.24) is 9.80 Å². The van der Waals surface area contributed by atoms with Gasteiger partial charge >= 0.3 is 0 Å². The minimum Gasteiger partial charge on any atom is -0.379 e. The van der Waals surface area contributed by atoms with Crippen LogP contribution in [-0.2, 0) is 9.53 Å². The summed E-state index contributed by atoms with van der Waals surface area (Å²) in [6.45, 7) is 8.85. The van der Waals surface area contributed by atoms with Gasteiger partial charge in [-0.1, -0.05) is 6.92 Å². The van der Waals surface area contributed by atoms with Gasteiger partial charge in [-0.15, -0.1) is 0 Å². The third-order valence-corrected chi connectivity index (χ3v) is 3.94. The van der Waals surface area contributed by atoms with Crippen LogP contribution >= 0.6 is 0 Å². The van der Waals surface area contributed by atoms with Crippen LogP contribution < -0.4 is 5.73 Å². The van der Waals surface area contributed by atoms with Gasteiger partial charge < -0.3 is 15.4 Å². The zero-order chi connectivity index (χ0) is 12.5. The van der Waals surface area contributed by atoms with Gasteiger partial charge in [0, 0.05) is 32.3 Å². The van der Waals surface area contributed by atoms with Crippen LogP contribution in [0.15, 0.2) is 0 Å². The molecule has 2 aliphatic rings. The molecule has 0 spiro atoms. The average molecular weight is 241 g/mol. The fourth-order valence-electron chi connectivity index (χ4n) is 2.71. The number of nitrogens with two attached hydrogens (primary N) is 1. The van der Waals surface area contributed by atoms with E-state index < -0.39 is 5.54 Å². The van der Waals surface area contributed by atoms with Crippen LogP contribution in [-0.4, -0.2) is 66.7 Å². The van der Waals surface area contributed by atoms with Gasteiger partial charge in [-0.3, -0.25) is 9.69 Å². The molecule has 0 aromatic carbocycles. The summed E-state index contributed by atoms with van der Waals surface area (Å²) < 4.78 is 5.26. The first-order valence-corrected chi connectivity index (χ1v) is 6.47. The number of likely N-dealkylation sites (N-methyl/N-ethyl adjacent to an activating group) is 1. The first-order chi connectivity index (χ1) is 8.07. The molecule has 17 heavy (non-hydrogen) atoms. The number of carbonyl (C=O) groups excluding carboxylic acids is 1. The fourth-order valence-corrected chi connectivity index (χ4v) is 2.71. The summed E-state index contributed by atoms with van der Waals surface area (Å²) in [5.41, 5.74) is 5.35. The van der Waals surface area contributed by atoms with E-state index in [1.807, 2.05) is 4.90 Å². The van der Waals surface area contributed by atoms with Crippen molar-refractivity contribution in [2.45, 2.75) is 31.8 Å². The lowest BCUT2D eigenvalue weighted by Gasteiger charge is -2.41. The molecule has 0 saturated carbocycles. The molecule has 5 heteroatoms. The molecule has 2 aliphatic heterocycles. The van der Waals surface area contributed by atoms with Crippen LogP contribution in [0, 0.1) is 0 Å². The fraction of sp³-hybridized carbons (Fsp3) is 0.917. The number of carbonyl (C=O) groups is 1. The van der Waals surface area contributed by atoms with Gasteiger partial charge in [0.2, 0.25) is 5.91 Å². The van der Waals surface area contributed by atoms with Crippen LogP contribution in [0.4, 0.5) is 0 Å². The van der Waals surface area contributed by atoms with Crippen LogP contribution in [0.1, 0.15) is 20.3 Å². The predicted octanol–water partition coefficient (Wildman–Crippen LogP) is -0.343. The Morgan fingerprint density at radius 1 is 1.53 bits per heavy atom. The Kier molecular flexibility index (Phi) is 3.70. The topological polar surface area (TPSA) is 58.8 Å². The second-order valence-electron chi connectivity index (χ2n) is 5.19. The van der Waals surface area contributed by atoms with E-state index in [-0.39, 0.29) is 5.91 Å². The summed E-state index contributed by atoms with van der Waals surface area (Å²) in [4.78, 5) is 16.7. The SMILES string of the molecule is CCN1CCN(C(=O)C2(N)CCOC2)CC1C. The molecule has 2 atom stereocenters. The lowest BCUT2D eigenvalue weighted by molar-refractivity contribution is -0.139. The highest BCUT2D eigenvalue weighted by molar-refractivity contribution is 5.86. The minimum atomic E-state index is -0.770. The lowest BCUT2D eigenvalue weighted by atomic mass is 9.97. The number of hydrogen-bond acceptors (Lipinski definition) is 4. The molecule has 2 fully saturated rings. The molecule has 0 aliphatic carbocycles. The Morgan fingerprint density at radius 3 is 2.82 bits per heavy atom. The van der Waals surface area contributed by atoms with Crippen molar-refractivity contribution in [3.63, 3.8) is 0 Å². The number of amides is 1. The van der Waals surface area contributed by atoms with Gasteiger partial charge in [0.05, 0.1) is 6.61 Å². The Labute approximate surface area is 103 Å². The third kappa shape index (κ3) is 2.46. The molecule has 5 nitrogen and oxygen atoms in total. The van der Waals surface area contributed by atoms with E-state index in [0.717, 1.165) is 26.2 Å². The van der Waals surface area contributed by atoms with Crippen molar-refractivity contribution in [2.75, 3.05) is 39.4 Å². The third-order valence-electron chi connectivity index (χ3n) is 3.94. The molecular weight excluding hydrogens is 218 g/mol. The lowest BCUT2D eigenvalue weighted by Crippen LogP contribution is -2.61. The summed E-state index contributed by atoms with van der Waals surface area (Å²) in [5.74, 6) is 0.0672. The smallest absolute Gasteiger partial charge is 0.245 e. The molecule has 0 aromatic rings. The number of hydrogen-bond donors (Lipinski definition) is 1. The van der Waals surface area contributed by atoms with Crippen LogP contribution in [0.2, 0.25) is 0 Å². The van der Waals surface area contributed by atoms with Crippen LogP contribution in [0.5, 0.6) is 0 Å². The maximum atomic E-state index is 12.4. The van der Waals surface area contributed by atoms with E-state index in [1.54, 1.807) is 0 Å². The first kappa shape index (κ1) is 12.8. The van der Waals surface area contributed by atoms with Gasteiger partial charge in [0.15, 0.2) is 0 Å². The maximum absolute atomic E-state index is 12.4. The molecule has 2 N–H and O–H groups in total. The molecule has 0 radical (unpaired) electrons. The predicted molar refractivity (Wildman–Crippen MR) is 65.6 cm³/mol. The summed E-state index contributed by atoms with van der Waals surface area (Å²) in [7, 11) is 0. The monoisotopic (exact) mass is 241 g/mol. The second-order valence-corrected chi connectivity index (χ2v) is 5.19. The van der Waals surface area contributed by atoms with Crippen molar-refractivity contribution < 1.29 is 9.53 Å². The molecule has 0 bridgehead atoms. The van der Waals surface area contributed by atoms with Crippen molar-refractivity contribution >= 4 is 5.91 Å². The molecule has 2 heterocycles. The molecular formula is C12H23N3O2. The molecule has 2 rings (SSSR count). The van der Waals surface area contributed by atoms with E-state index in [1.165, 1.54) is 0 Å². The van der Waals surface area contributed by atoms with Crippen molar-refractivity contribution in [2.24, 2.45) is 5.73 Å². The summed E-state index contributed by atoms with van der Waals surface area (Å²) >= 11 is 0. The van der Waals surface area contributed by atoms with Gasteiger partial charge in [0.1, 0.15) is 5.54 Å². The summed E-state index contributed by atoms with van der Waals surface area (Å²) in [6, 6.07) is 0.420. The van der Waals surface area contributed by atoms with Crippen molar-refractivity contribution in [3.05, 3.63) is 0 Å². The quantitative estimate of drug-likeness (QED) is 0.718. The highest BCUT2D eigenvalue weighted by Gasteiger charge is 2.42. The van der Waals surface area contributed by atoms with Crippen molar-refractivity contribution in [3.8, 4) is 0 Å². The Balaban J connectivity index is 1.97. The highest BCUT2D eigenvalue weighted by Crippen LogP contribution is 2.20. The van der Waals surface area contributed by atoms with Crippen molar-refractivity contribution in [1.29, 1.82) is 0 Å². The average Bonchev–Trinajstić information content (AvgIpc) is 2.76. The number of ether oxygens (including phenoxy) is 1. The number of nitrogens with zero attached hydrogens (tertiary/aromatic N) is 2. The molecule has 98 valence electrons. The highest BCUT2D eigenvalue weighted by atomic mass is 16.5. The van der Waals surface area contributed by atoms with Gasteiger partial charge in [-0.05, 0) is 19.9 Å². The van der Waals surface area contributed by atoms with E-state index >= 15 is 0 Å². The standard InChI is InChI=1S/C12H23N3O2/c1-3-14-5-6-15(8-10(14)2)11(16)12(13)4-7-17-9-12/h10H,3-9,13H2,1-2H3.